The number of benzene rings is 1. The number of aryl methyl sites for hydroxylation is 1. The molecule has 2 N–H and O–H groups in total. The summed E-state index contributed by atoms with van der Waals surface area (Å²) in [5.41, 5.74) is -0.414. The number of aromatic nitrogens is 1. The average molecular weight is 369 g/mol. The summed E-state index contributed by atoms with van der Waals surface area (Å²) in [6, 6.07) is 5.03. The van der Waals surface area contributed by atoms with E-state index < -0.39 is 11.5 Å². The third-order valence-corrected chi connectivity index (χ3v) is 4.40. The van der Waals surface area contributed by atoms with Crippen molar-refractivity contribution in [3.63, 3.8) is 0 Å². The maximum Gasteiger partial charge on any atom is 0.329 e. The summed E-state index contributed by atoms with van der Waals surface area (Å²) in [5, 5.41) is 12.6. The van der Waals surface area contributed by atoms with Crippen LogP contribution in [0.25, 0.3) is 11.3 Å². The predicted molar refractivity (Wildman–Crippen MR) is 88.0 cm³/mol. The van der Waals surface area contributed by atoms with Crippen LogP contribution in [0.5, 0.6) is 0 Å². The predicted octanol–water partition coefficient (Wildman–Crippen LogP) is 3.31. The SMILES string of the molecule is O=C(CCc1ncc(-c2ccc(Cl)cc2Cl)o1)NC1(C(=O)O)CC1. The highest BCUT2D eigenvalue weighted by molar-refractivity contribution is 6.36. The van der Waals surface area contributed by atoms with E-state index in [1.165, 1.54) is 6.20 Å². The third kappa shape index (κ3) is 3.55. The fraction of sp³-hybridized carbons (Fsp3) is 0.312. The quantitative estimate of drug-likeness (QED) is 0.815. The lowest BCUT2D eigenvalue weighted by atomic mass is 10.2. The van der Waals surface area contributed by atoms with Crippen molar-refractivity contribution in [2.45, 2.75) is 31.2 Å². The number of nitrogens with one attached hydrogen (secondary N) is 1. The number of oxazole rings is 1. The highest BCUT2D eigenvalue weighted by Gasteiger charge is 2.51. The number of rotatable bonds is 6. The van der Waals surface area contributed by atoms with E-state index in [4.69, 9.17) is 32.7 Å². The molecule has 1 aromatic heterocycles. The molecule has 1 heterocycles. The number of halogens is 2. The monoisotopic (exact) mass is 368 g/mol. The van der Waals surface area contributed by atoms with Crippen LogP contribution in [0.15, 0.2) is 28.8 Å². The molecule has 0 atom stereocenters. The molecule has 0 aliphatic heterocycles. The van der Waals surface area contributed by atoms with Crippen molar-refractivity contribution in [1.29, 1.82) is 0 Å². The number of nitrogens with zero attached hydrogens (tertiary/aromatic N) is 1. The second-order valence-corrected chi connectivity index (χ2v) is 6.52. The normalized spacial score (nSPS) is 15.1. The van der Waals surface area contributed by atoms with Crippen LogP contribution in [-0.4, -0.2) is 27.5 Å². The van der Waals surface area contributed by atoms with Crippen molar-refractivity contribution >= 4 is 35.1 Å². The Labute approximate surface area is 147 Å². The topological polar surface area (TPSA) is 92.4 Å². The summed E-state index contributed by atoms with van der Waals surface area (Å²) in [6.45, 7) is 0. The first kappa shape index (κ1) is 16.8. The molecule has 126 valence electrons. The summed E-state index contributed by atoms with van der Waals surface area (Å²) in [4.78, 5) is 27.0. The first-order chi connectivity index (χ1) is 11.4. The number of carbonyl (C=O) groups excluding carboxylic acids is 1. The van der Waals surface area contributed by atoms with Gasteiger partial charge in [0.05, 0.1) is 11.2 Å². The van der Waals surface area contributed by atoms with Crippen molar-refractivity contribution in [2.75, 3.05) is 0 Å². The van der Waals surface area contributed by atoms with Crippen LogP contribution in [0.1, 0.15) is 25.2 Å². The Morgan fingerprint density at radius 1 is 1.33 bits per heavy atom. The molecule has 0 radical (unpaired) electrons. The van der Waals surface area contributed by atoms with Gasteiger partial charge in [-0.05, 0) is 31.0 Å². The van der Waals surface area contributed by atoms with E-state index in [9.17, 15) is 9.59 Å². The molecule has 1 amide bonds. The van der Waals surface area contributed by atoms with Gasteiger partial charge in [-0.2, -0.15) is 0 Å². The fourth-order valence-electron chi connectivity index (χ4n) is 2.31. The van der Waals surface area contributed by atoms with Crippen LogP contribution in [0.3, 0.4) is 0 Å². The second kappa shape index (κ2) is 6.45. The van der Waals surface area contributed by atoms with E-state index >= 15 is 0 Å². The van der Waals surface area contributed by atoms with Gasteiger partial charge in [0.2, 0.25) is 5.91 Å². The highest BCUT2D eigenvalue weighted by Crippen LogP contribution is 2.35. The Bertz CT molecular complexity index is 799. The zero-order chi connectivity index (χ0) is 17.3. The molecule has 8 heteroatoms. The molecule has 0 bridgehead atoms. The van der Waals surface area contributed by atoms with Crippen LogP contribution < -0.4 is 5.32 Å². The summed E-state index contributed by atoms with van der Waals surface area (Å²) in [7, 11) is 0. The second-order valence-electron chi connectivity index (χ2n) is 5.68. The summed E-state index contributed by atoms with van der Waals surface area (Å²) in [5.74, 6) is -0.464. The van der Waals surface area contributed by atoms with Gasteiger partial charge in [-0.1, -0.05) is 23.2 Å². The minimum Gasteiger partial charge on any atom is -0.480 e. The van der Waals surface area contributed by atoms with Crippen LogP contribution >= 0.6 is 23.2 Å². The number of carboxylic acids is 1. The third-order valence-electron chi connectivity index (χ3n) is 3.85. The molecule has 0 unspecified atom stereocenters. The van der Waals surface area contributed by atoms with Crippen LogP contribution in [0, 0.1) is 0 Å². The Hall–Kier alpha value is -2.05. The maximum atomic E-state index is 11.9. The van der Waals surface area contributed by atoms with Crippen molar-refractivity contribution in [3.8, 4) is 11.3 Å². The van der Waals surface area contributed by atoms with Crippen molar-refractivity contribution in [3.05, 3.63) is 40.3 Å². The summed E-state index contributed by atoms with van der Waals surface area (Å²) >= 11 is 12.0. The average Bonchev–Trinajstić information content (AvgIpc) is 3.15. The van der Waals surface area contributed by atoms with Crippen LogP contribution in [0.2, 0.25) is 10.0 Å². The molecule has 0 spiro atoms. The molecule has 1 aliphatic rings. The number of amides is 1. The van der Waals surface area contributed by atoms with Crippen LogP contribution in [-0.2, 0) is 16.0 Å². The maximum absolute atomic E-state index is 11.9. The molecule has 1 fully saturated rings. The van der Waals surface area contributed by atoms with Gasteiger partial charge in [0.15, 0.2) is 11.7 Å². The number of hydrogen-bond donors (Lipinski definition) is 2. The number of hydrogen-bond acceptors (Lipinski definition) is 4. The van der Waals surface area contributed by atoms with E-state index in [1.54, 1.807) is 18.2 Å². The first-order valence-corrected chi connectivity index (χ1v) is 8.10. The van der Waals surface area contributed by atoms with Gasteiger partial charge in [-0.25, -0.2) is 9.78 Å². The number of aliphatic carboxylic acids is 1. The van der Waals surface area contributed by atoms with E-state index in [1.807, 2.05) is 0 Å². The first-order valence-electron chi connectivity index (χ1n) is 7.34. The molecule has 0 saturated heterocycles. The summed E-state index contributed by atoms with van der Waals surface area (Å²) in [6.07, 6.45) is 2.83. The molecular formula is C16H14Cl2N2O4. The molecule has 24 heavy (non-hydrogen) atoms. The van der Waals surface area contributed by atoms with E-state index in [2.05, 4.69) is 10.3 Å². The highest BCUT2D eigenvalue weighted by atomic mass is 35.5. The molecular weight excluding hydrogens is 355 g/mol. The Morgan fingerprint density at radius 2 is 2.08 bits per heavy atom. The van der Waals surface area contributed by atoms with Gasteiger partial charge in [0.25, 0.3) is 0 Å². The fourth-order valence-corrected chi connectivity index (χ4v) is 2.81. The number of carbonyl (C=O) groups is 2. The van der Waals surface area contributed by atoms with Gasteiger partial charge >= 0.3 is 5.97 Å². The molecule has 3 rings (SSSR count). The molecule has 1 aliphatic carbocycles. The van der Waals surface area contributed by atoms with Gasteiger partial charge in [-0.3, -0.25) is 4.79 Å². The minimum absolute atomic E-state index is 0.101. The van der Waals surface area contributed by atoms with Gasteiger partial charge in [0, 0.05) is 23.4 Å². The van der Waals surface area contributed by atoms with E-state index in [0.717, 1.165) is 0 Å². The largest absolute Gasteiger partial charge is 0.480 e. The van der Waals surface area contributed by atoms with Crippen LogP contribution in [0.4, 0.5) is 0 Å². The molecule has 6 nitrogen and oxygen atoms in total. The van der Waals surface area contributed by atoms with E-state index in [0.29, 0.717) is 40.1 Å². The lowest BCUT2D eigenvalue weighted by molar-refractivity contribution is -0.143. The zero-order valence-corrected chi connectivity index (χ0v) is 14.0. The molecule has 1 aromatic carbocycles. The minimum atomic E-state index is -1.07. The van der Waals surface area contributed by atoms with Gasteiger partial charge in [0.1, 0.15) is 5.54 Å². The van der Waals surface area contributed by atoms with Gasteiger partial charge in [-0.15, -0.1) is 0 Å². The lowest BCUT2D eigenvalue weighted by Gasteiger charge is -2.11. The number of carboxylic acid groups (broad SMARTS) is 1. The van der Waals surface area contributed by atoms with Crippen molar-refractivity contribution in [1.82, 2.24) is 10.3 Å². The molecule has 2 aromatic rings. The Morgan fingerprint density at radius 3 is 2.71 bits per heavy atom. The van der Waals surface area contributed by atoms with Crippen molar-refractivity contribution < 1.29 is 19.1 Å². The zero-order valence-electron chi connectivity index (χ0n) is 12.5. The standard InChI is InChI=1S/C16H14Cl2N2O4/c17-9-1-2-10(11(18)7-9)12-8-19-14(24-12)4-3-13(21)20-16(5-6-16)15(22)23/h1-2,7-8H,3-6H2,(H,20,21)(H,22,23). The smallest absolute Gasteiger partial charge is 0.329 e. The lowest BCUT2D eigenvalue weighted by Crippen LogP contribution is -2.43. The Kier molecular flexibility index (Phi) is 4.51. The van der Waals surface area contributed by atoms with Gasteiger partial charge < -0.3 is 14.8 Å². The van der Waals surface area contributed by atoms with Crippen molar-refractivity contribution in [2.24, 2.45) is 0 Å². The Balaban J connectivity index is 1.60. The summed E-state index contributed by atoms with van der Waals surface area (Å²) < 4.78 is 5.60. The molecule has 1 saturated carbocycles. The van der Waals surface area contributed by atoms with E-state index in [-0.39, 0.29) is 18.7 Å².